The monoisotopic (exact) mass is 226 g/mol. The number of allylic oxidation sites excluding steroid dienone is 2. The van der Waals surface area contributed by atoms with Crippen LogP contribution in [0.5, 0.6) is 0 Å². The Hall–Kier alpha value is -1.13. The Balaban J connectivity index is 3.02. The predicted octanol–water partition coefficient (Wildman–Crippen LogP) is 1.10. The normalized spacial score (nSPS) is 28.8. The Morgan fingerprint density at radius 3 is 2.62 bits per heavy atom. The first-order valence-electron chi connectivity index (χ1n) is 5.28. The summed E-state index contributed by atoms with van der Waals surface area (Å²) in [5.41, 5.74) is 0.339. The molecule has 0 aromatic heterocycles. The fourth-order valence-electron chi connectivity index (χ4n) is 1.92. The zero-order valence-corrected chi connectivity index (χ0v) is 9.60. The van der Waals surface area contributed by atoms with Crippen LogP contribution in [0.2, 0.25) is 0 Å². The molecule has 1 rings (SSSR count). The van der Waals surface area contributed by atoms with Crippen molar-refractivity contribution in [2.75, 3.05) is 6.61 Å². The highest BCUT2D eigenvalue weighted by molar-refractivity contribution is 5.79. The van der Waals surface area contributed by atoms with E-state index in [1.807, 2.05) is 13.8 Å². The standard InChI is InChI=1S/C12H18O4/c1-8(2)3-4-12(11(15)16)6-9(7-13)5-10(12)14/h3,6,10,13-14H,4-5,7H2,1-2H3,(H,15,16). The van der Waals surface area contributed by atoms with Crippen molar-refractivity contribution in [3.05, 3.63) is 23.3 Å². The Kier molecular flexibility index (Phi) is 3.88. The molecule has 0 saturated carbocycles. The molecule has 0 amide bonds. The Morgan fingerprint density at radius 2 is 2.25 bits per heavy atom. The van der Waals surface area contributed by atoms with Gasteiger partial charge in [-0.15, -0.1) is 0 Å². The molecule has 0 aromatic carbocycles. The highest BCUT2D eigenvalue weighted by Gasteiger charge is 2.46. The lowest BCUT2D eigenvalue weighted by molar-refractivity contribution is -0.150. The third-order valence-corrected chi connectivity index (χ3v) is 2.96. The summed E-state index contributed by atoms with van der Waals surface area (Å²) in [6.45, 7) is 3.57. The number of carbonyl (C=O) groups is 1. The number of rotatable bonds is 4. The molecule has 0 aliphatic heterocycles. The van der Waals surface area contributed by atoms with Gasteiger partial charge < -0.3 is 15.3 Å². The van der Waals surface area contributed by atoms with Crippen LogP contribution in [-0.4, -0.2) is 34.0 Å². The number of aliphatic carboxylic acids is 1. The summed E-state index contributed by atoms with van der Waals surface area (Å²) in [5.74, 6) is -1.04. The van der Waals surface area contributed by atoms with Crippen LogP contribution in [0.4, 0.5) is 0 Å². The summed E-state index contributed by atoms with van der Waals surface area (Å²) in [5, 5.41) is 28.1. The maximum Gasteiger partial charge on any atom is 0.316 e. The van der Waals surface area contributed by atoms with E-state index >= 15 is 0 Å². The number of hydrogen-bond donors (Lipinski definition) is 3. The molecule has 1 aliphatic carbocycles. The quantitative estimate of drug-likeness (QED) is 0.627. The topological polar surface area (TPSA) is 77.8 Å². The predicted molar refractivity (Wildman–Crippen MR) is 59.9 cm³/mol. The van der Waals surface area contributed by atoms with Gasteiger partial charge in [0.15, 0.2) is 0 Å². The van der Waals surface area contributed by atoms with E-state index in [1.165, 1.54) is 6.08 Å². The highest BCUT2D eigenvalue weighted by Crippen LogP contribution is 2.40. The summed E-state index contributed by atoms with van der Waals surface area (Å²) < 4.78 is 0. The molecule has 4 heteroatoms. The van der Waals surface area contributed by atoms with Gasteiger partial charge in [0.2, 0.25) is 0 Å². The van der Waals surface area contributed by atoms with Crippen molar-refractivity contribution in [2.45, 2.75) is 32.8 Å². The second-order valence-electron chi connectivity index (χ2n) is 4.51. The number of aliphatic hydroxyl groups excluding tert-OH is 2. The van der Waals surface area contributed by atoms with Gasteiger partial charge in [-0.3, -0.25) is 4.79 Å². The summed E-state index contributed by atoms with van der Waals surface area (Å²) >= 11 is 0. The smallest absolute Gasteiger partial charge is 0.316 e. The second-order valence-corrected chi connectivity index (χ2v) is 4.51. The van der Waals surface area contributed by atoms with Crippen LogP contribution in [0.1, 0.15) is 26.7 Å². The Labute approximate surface area is 94.9 Å². The Morgan fingerprint density at radius 1 is 1.62 bits per heavy atom. The van der Waals surface area contributed by atoms with Gasteiger partial charge in [-0.2, -0.15) is 0 Å². The number of aliphatic hydroxyl groups is 2. The molecule has 0 saturated heterocycles. The fourth-order valence-corrected chi connectivity index (χ4v) is 1.92. The lowest BCUT2D eigenvalue weighted by atomic mass is 9.81. The molecular weight excluding hydrogens is 208 g/mol. The molecule has 0 spiro atoms. The lowest BCUT2D eigenvalue weighted by Crippen LogP contribution is -2.37. The summed E-state index contributed by atoms with van der Waals surface area (Å²) in [4.78, 5) is 11.3. The van der Waals surface area contributed by atoms with Crippen molar-refractivity contribution in [3.63, 3.8) is 0 Å². The number of carboxylic acid groups (broad SMARTS) is 1. The molecule has 3 N–H and O–H groups in total. The average Bonchev–Trinajstić information content (AvgIpc) is 2.53. The van der Waals surface area contributed by atoms with E-state index in [1.54, 1.807) is 6.08 Å². The zero-order chi connectivity index (χ0) is 12.3. The van der Waals surface area contributed by atoms with Gasteiger partial charge in [0.25, 0.3) is 0 Å². The second kappa shape index (κ2) is 4.80. The number of carboxylic acids is 1. The lowest BCUT2D eigenvalue weighted by Gasteiger charge is -2.25. The van der Waals surface area contributed by atoms with Gasteiger partial charge in [-0.25, -0.2) is 0 Å². The van der Waals surface area contributed by atoms with E-state index in [2.05, 4.69) is 0 Å². The third kappa shape index (κ3) is 2.33. The van der Waals surface area contributed by atoms with Gasteiger partial charge >= 0.3 is 5.97 Å². The molecule has 0 radical (unpaired) electrons. The van der Waals surface area contributed by atoms with Crippen LogP contribution < -0.4 is 0 Å². The average molecular weight is 226 g/mol. The van der Waals surface area contributed by atoms with Crippen molar-refractivity contribution in [3.8, 4) is 0 Å². The molecule has 0 heterocycles. The van der Waals surface area contributed by atoms with Crippen LogP contribution in [-0.2, 0) is 4.79 Å². The molecule has 0 aromatic rings. The van der Waals surface area contributed by atoms with E-state index in [-0.39, 0.29) is 19.4 Å². The van der Waals surface area contributed by atoms with Crippen LogP contribution in [0.25, 0.3) is 0 Å². The summed E-state index contributed by atoms with van der Waals surface area (Å²) in [6, 6.07) is 0. The molecule has 0 bridgehead atoms. The first kappa shape index (κ1) is 12.9. The SMILES string of the molecule is CC(C)=CCC1(C(=O)O)C=C(CO)CC1O. The maximum atomic E-state index is 11.3. The minimum atomic E-state index is -1.27. The molecule has 2 unspecified atom stereocenters. The first-order chi connectivity index (χ1) is 7.42. The van der Waals surface area contributed by atoms with E-state index in [4.69, 9.17) is 5.11 Å². The van der Waals surface area contributed by atoms with E-state index in [9.17, 15) is 15.0 Å². The zero-order valence-electron chi connectivity index (χ0n) is 9.60. The molecule has 1 aliphatic rings. The summed E-state index contributed by atoms with van der Waals surface area (Å²) in [6.07, 6.45) is 2.84. The fraction of sp³-hybridized carbons (Fsp3) is 0.583. The van der Waals surface area contributed by atoms with Gasteiger partial charge in [0.1, 0.15) is 5.41 Å². The van der Waals surface area contributed by atoms with Crippen molar-refractivity contribution >= 4 is 5.97 Å². The first-order valence-corrected chi connectivity index (χ1v) is 5.28. The third-order valence-electron chi connectivity index (χ3n) is 2.96. The molecule has 0 fully saturated rings. The number of hydrogen-bond acceptors (Lipinski definition) is 3. The summed E-state index contributed by atoms with van der Waals surface area (Å²) in [7, 11) is 0. The van der Waals surface area contributed by atoms with Crippen molar-refractivity contribution in [1.29, 1.82) is 0 Å². The van der Waals surface area contributed by atoms with Gasteiger partial charge in [-0.05, 0) is 32.3 Å². The van der Waals surface area contributed by atoms with E-state index < -0.39 is 17.5 Å². The molecule has 16 heavy (non-hydrogen) atoms. The van der Waals surface area contributed by atoms with Crippen LogP contribution in [0.15, 0.2) is 23.3 Å². The minimum absolute atomic E-state index is 0.194. The molecule has 4 nitrogen and oxygen atoms in total. The molecule has 90 valence electrons. The van der Waals surface area contributed by atoms with Crippen molar-refractivity contribution in [1.82, 2.24) is 0 Å². The molecule has 2 atom stereocenters. The van der Waals surface area contributed by atoms with E-state index in [0.717, 1.165) is 5.57 Å². The van der Waals surface area contributed by atoms with Crippen molar-refractivity contribution in [2.24, 2.45) is 5.41 Å². The Bertz CT molecular complexity index is 339. The highest BCUT2D eigenvalue weighted by atomic mass is 16.4. The van der Waals surface area contributed by atoms with Crippen LogP contribution in [0.3, 0.4) is 0 Å². The van der Waals surface area contributed by atoms with Gasteiger partial charge in [-0.1, -0.05) is 17.7 Å². The van der Waals surface area contributed by atoms with Gasteiger partial charge in [0.05, 0.1) is 12.7 Å². The minimum Gasteiger partial charge on any atom is -0.481 e. The molecular formula is C12H18O4. The van der Waals surface area contributed by atoms with Crippen LogP contribution >= 0.6 is 0 Å². The maximum absolute atomic E-state index is 11.3. The largest absolute Gasteiger partial charge is 0.481 e. The van der Waals surface area contributed by atoms with Crippen molar-refractivity contribution < 1.29 is 20.1 Å². The van der Waals surface area contributed by atoms with Gasteiger partial charge in [0, 0.05) is 0 Å². The van der Waals surface area contributed by atoms with Crippen LogP contribution in [0, 0.1) is 5.41 Å². The van der Waals surface area contributed by atoms with E-state index in [0.29, 0.717) is 5.57 Å².